The van der Waals surface area contributed by atoms with Crippen molar-refractivity contribution in [2.45, 2.75) is 6.54 Å². The Balaban J connectivity index is 1.98. The molecule has 0 radical (unpaired) electrons. The molecule has 114 valence electrons. The number of hydrogen-bond acceptors (Lipinski definition) is 4. The molecule has 0 bridgehead atoms. The lowest BCUT2D eigenvalue weighted by Gasteiger charge is -2.12. The average molecular weight is 344 g/mol. The number of rotatable bonds is 4. The summed E-state index contributed by atoms with van der Waals surface area (Å²) in [4.78, 5) is 4.07. The molecule has 3 rings (SSSR count). The number of nitrogens with one attached hydrogen (secondary N) is 1. The first-order valence-corrected chi connectivity index (χ1v) is 7.51. The first-order valence-electron chi connectivity index (χ1n) is 6.76. The van der Waals surface area contributed by atoms with Gasteiger partial charge in [-0.1, -0.05) is 35.3 Å². The van der Waals surface area contributed by atoms with Crippen LogP contribution in [0.3, 0.4) is 0 Å². The number of benzene rings is 1. The fourth-order valence-electron chi connectivity index (χ4n) is 2.13. The van der Waals surface area contributed by atoms with Gasteiger partial charge in [0.25, 0.3) is 0 Å². The summed E-state index contributed by atoms with van der Waals surface area (Å²) in [6.07, 6.45) is 4.95. The van der Waals surface area contributed by atoms with Gasteiger partial charge in [0.05, 0.1) is 21.9 Å². The Hall–Kier alpha value is -2.55. The zero-order chi connectivity index (χ0) is 16.2. The lowest BCUT2D eigenvalue weighted by atomic mass is 10.2. The maximum Gasteiger partial charge on any atom is 0.148 e. The van der Waals surface area contributed by atoms with Crippen molar-refractivity contribution in [3.63, 3.8) is 0 Å². The lowest BCUT2D eigenvalue weighted by Crippen LogP contribution is -2.08. The van der Waals surface area contributed by atoms with Gasteiger partial charge in [-0.3, -0.25) is 4.98 Å². The lowest BCUT2D eigenvalue weighted by molar-refractivity contribution is 0.874. The average Bonchev–Trinajstić information content (AvgIpc) is 2.99. The Morgan fingerprint density at radius 3 is 2.78 bits per heavy atom. The highest BCUT2D eigenvalue weighted by atomic mass is 35.5. The summed E-state index contributed by atoms with van der Waals surface area (Å²) in [5.74, 6) is 0.556. The summed E-state index contributed by atoms with van der Waals surface area (Å²) < 4.78 is 1.57. The standard InChI is InChI=1S/C16H11Cl2N5/c17-13-4-1-5-14(15(13)18)23-16(12(7-19)10-22-23)21-9-11-3-2-6-20-8-11/h1-6,8,10,21H,9H2. The van der Waals surface area contributed by atoms with Crippen LogP contribution in [0.25, 0.3) is 5.69 Å². The molecule has 5 nitrogen and oxygen atoms in total. The zero-order valence-corrected chi connectivity index (χ0v) is 13.4. The smallest absolute Gasteiger partial charge is 0.148 e. The number of nitrogens with zero attached hydrogens (tertiary/aromatic N) is 4. The van der Waals surface area contributed by atoms with Crippen LogP contribution in [0.2, 0.25) is 10.0 Å². The van der Waals surface area contributed by atoms with Crippen molar-refractivity contribution in [3.8, 4) is 11.8 Å². The van der Waals surface area contributed by atoms with Crippen LogP contribution in [0, 0.1) is 11.3 Å². The molecule has 1 aromatic carbocycles. The third-order valence-electron chi connectivity index (χ3n) is 3.23. The topological polar surface area (TPSA) is 66.5 Å². The van der Waals surface area contributed by atoms with Gasteiger partial charge in [-0.05, 0) is 23.8 Å². The zero-order valence-electron chi connectivity index (χ0n) is 11.9. The van der Waals surface area contributed by atoms with Gasteiger partial charge in [-0.2, -0.15) is 10.4 Å². The van der Waals surface area contributed by atoms with E-state index in [1.54, 1.807) is 35.3 Å². The van der Waals surface area contributed by atoms with E-state index >= 15 is 0 Å². The Kier molecular flexibility index (Phi) is 4.47. The van der Waals surface area contributed by atoms with Gasteiger partial charge < -0.3 is 5.32 Å². The molecule has 1 N–H and O–H groups in total. The van der Waals surface area contributed by atoms with E-state index in [1.165, 1.54) is 6.20 Å². The first-order chi connectivity index (χ1) is 11.2. The normalized spacial score (nSPS) is 10.3. The van der Waals surface area contributed by atoms with Crippen molar-refractivity contribution in [1.82, 2.24) is 14.8 Å². The molecule has 0 spiro atoms. The first kappa shape index (κ1) is 15.3. The fourth-order valence-corrected chi connectivity index (χ4v) is 2.50. The quantitative estimate of drug-likeness (QED) is 0.775. The largest absolute Gasteiger partial charge is 0.365 e. The molecule has 7 heteroatoms. The highest BCUT2D eigenvalue weighted by molar-refractivity contribution is 6.43. The van der Waals surface area contributed by atoms with E-state index in [-0.39, 0.29) is 0 Å². The highest BCUT2D eigenvalue weighted by Gasteiger charge is 2.15. The maximum atomic E-state index is 9.29. The molecule has 0 saturated heterocycles. The number of nitriles is 1. The monoisotopic (exact) mass is 343 g/mol. The summed E-state index contributed by atoms with van der Waals surface area (Å²) in [6, 6.07) is 11.2. The SMILES string of the molecule is N#Cc1cnn(-c2cccc(Cl)c2Cl)c1NCc1cccnc1. The number of aromatic nitrogens is 3. The fraction of sp³-hybridized carbons (Fsp3) is 0.0625. The van der Waals surface area contributed by atoms with Crippen LogP contribution < -0.4 is 5.32 Å². The van der Waals surface area contributed by atoms with Crippen LogP contribution in [-0.4, -0.2) is 14.8 Å². The molecule has 23 heavy (non-hydrogen) atoms. The minimum absolute atomic E-state index is 0.381. The third-order valence-corrected chi connectivity index (χ3v) is 4.04. The van der Waals surface area contributed by atoms with E-state index in [1.807, 2.05) is 12.1 Å². The van der Waals surface area contributed by atoms with E-state index in [2.05, 4.69) is 21.5 Å². The predicted molar refractivity (Wildman–Crippen MR) is 89.9 cm³/mol. The molecule has 0 aliphatic carbocycles. The minimum atomic E-state index is 0.381. The van der Waals surface area contributed by atoms with Crippen molar-refractivity contribution >= 4 is 29.0 Å². The van der Waals surface area contributed by atoms with Crippen LogP contribution in [0.15, 0.2) is 48.9 Å². The van der Waals surface area contributed by atoms with Crippen LogP contribution >= 0.6 is 23.2 Å². The molecule has 0 atom stereocenters. The summed E-state index contributed by atoms with van der Waals surface area (Å²) in [7, 11) is 0. The summed E-state index contributed by atoms with van der Waals surface area (Å²) in [6.45, 7) is 0.506. The second-order valence-corrected chi connectivity index (χ2v) is 5.50. The van der Waals surface area contributed by atoms with Gasteiger partial charge in [0.15, 0.2) is 0 Å². The van der Waals surface area contributed by atoms with Gasteiger partial charge in [0, 0.05) is 18.9 Å². The van der Waals surface area contributed by atoms with E-state index in [0.717, 1.165) is 5.56 Å². The molecule has 3 aromatic rings. The van der Waals surface area contributed by atoms with Crippen molar-refractivity contribution < 1.29 is 0 Å². The summed E-state index contributed by atoms with van der Waals surface area (Å²) in [5.41, 5.74) is 2.01. The Bertz CT molecular complexity index is 868. The second kappa shape index (κ2) is 6.69. The molecule has 2 heterocycles. The molecular formula is C16H11Cl2N5. The Morgan fingerprint density at radius 1 is 1.17 bits per heavy atom. The third kappa shape index (κ3) is 3.14. The number of pyridine rings is 1. The van der Waals surface area contributed by atoms with Gasteiger partial charge in [-0.15, -0.1) is 0 Å². The van der Waals surface area contributed by atoms with Crippen molar-refractivity contribution in [3.05, 3.63) is 70.1 Å². The molecule has 0 amide bonds. The van der Waals surface area contributed by atoms with Gasteiger partial charge in [-0.25, -0.2) is 4.68 Å². The van der Waals surface area contributed by atoms with Gasteiger partial charge in [0.1, 0.15) is 17.5 Å². The van der Waals surface area contributed by atoms with E-state index in [4.69, 9.17) is 23.2 Å². The Labute approximate surface area is 143 Å². The van der Waals surface area contributed by atoms with Crippen LogP contribution in [0.1, 0.15) is 11.1 Å². The van der Waals surface area contributed by atoms with Crippen molar-refractivity contribution in [2.24, 2.45) is 0 Å². The van der Waals surface area contributed by atoms with E-state index in [9.17, 15) is 5.26 Å². The molecule has 0 unspecified atom stereocenters. The molecule has 0 fully saturated rings. The molecule has 0 aliphatic rings. The molecule has 2 aromatic heterocycles. The molecule has 0 saturated carbocycles. The summed E-state index contributed by atoms with van der Waals surface area (Å²) in [5, 5.41) is 17.5. The number of halogens is 2. The summed E-state index contributed by atoms with van der Waals surface area (Å²) >= 11 is 12.3. The Morgan fingerprint density at radius 2 is 2.04 bits per heavy atom. The number of anilines is 1. The van der Waals surface area contributed by atoms with Crippen molar-refractivity contribution in [1.29, 1.82) is 5.26 Å². The van der Waals surface area contributed by atoms with Crippen LogP contribution in [0.5, 0.6) is 0 Å². The van der Waals surface area contributed by atoms with Crippen LogP contribution in [0.4, 0.5) is 5.82 Å². The minimum Gasteiger partial charge on any atom is -0.365 e. The van der Waals surface area contributed by atoms with Crippen LogP contribution in [-0.2, 0) is 6.54 Å². The van der Waals surface area contributed by atoms with Crippen molar-refractivity contribution in [2.75, 3.05) is 5.32 Å². The molecule has 0 aliphatic heterocycles. The van der Waals surface area contributed by atoms with Gasteiger partial charge >= 0.3 is 0 Å². The predicted octanol–water partition coefficient (Wildman–Crippen LogP) is 4.06. The van der Waals surface area contributed by atoms with Gasteiger partial charge in [0.2, 0.25) is 0 Å². The van der Waals surface area contributed by atoms with E-state index in [0.29, 0.717) is 33.7 Å². The number of hydrogen-bond donors (Lipinski definition) is 1. The van der Waals surface area contributed by atoms with E-state index < -0.39 is 0 Å². The second-order valence-electron chi connectivity index (χ2n) is 4.72. The highest BCUT2D eigenvalue weighted by Crippen LogP contribution is 2.31. The maximum absolute atomic E-state index is 9.29. The molecular weight excluding hydrogens is 333 g/mol.